The molecule has 0 spiro atoms. The van der Waals surface area contributed by atoms with E-state index in [-0.39, 0.29) is 0 Å². The summed E-state index contributed by atoms with van der Waals surface area (Å²) in [5, 5.41) is 0. The molecule has 29 valence electrons. The summed E-state index contributed by atoms with van der Waals surface area (Å²) in [5.41, 5.74) is 0. The number of hydrogen-bond donors (Lipinski definition) is 0. The van der Waals surface area contributed by atoms with E-state index in [2.05, 4.69) is 49.4 Å². The Bertz CT molecular complexity index is 36.2. The summed E-state index contributed by atoms with van der Waals surface area (Å²) in [5.74, 6) is 0. The van der Waals surface area contributed by atoms with Gasteiger partial charge in [-0.3, -0.25) is 0 Å². The molecule has 0 aliphatic heterocycles. The molecule has 0 saturated heterocycles. The summed E-state index contributed by atoms with van der Waals surface area (Å²) >= 11 is 10.4. The molecule has 0 unspecified atom stereocenters. The topological polar surface area (TPSA) is 0 Å². The maximum absolute atomic E-state index is 3.96. The predicted molar refractivity (Wildman–Crippen MR) is 27.8 cm³/mol. The van der Waals surface area contributed by atoms with Gasteiger partial charge in [0, 0.05) is 4.31 Å². The van der Waals surface area contributed by atoms with E-state index in [0.29, 0.717) is 0 Å². The van der Waals surface area contributed by atoms with Gasteiger partial charge in [0.2, 0.25) is 0 Å². The molecule has 0 radical (unpaired) electrons. The van der Waals surface area contributed by atoms with Crippen LogP contribution in [-0.2, 0) is 14.4 Å². The fourth-order valence-corrected chi connectivity index (χ4v) is 0. The van der Waals surface area contributed by atoms with E-state index in [9.17, 15) is 0 Å². The van der Waals surface area contributed by atoms with Crippen molar-refractivity contribution in [3.63, 3.8) is 0 Å². The Morgan fingerprint density at radius 2 is 1.20 bits per heavy atom. The molecule has 4 heteroatoms. The van der Waals surface area contributed by atoms with Crippen molar-refractivity contribution in [3.05, 3.63) is 0 Å². The van der Waals surface area contributed by atoms with Gasteiger partial charge in [0.25, 0.3) is 0 Å². The van der Waals surface area contributed by atoms with Gasteiger partial charge < -0.3 is 0 Å². The Balaban J connectivity index is 0. The molecule has 0 aromatic carbocycles. The van der Waals surface area contributed by atoms with E-state index >= 15 is 0 Å². The zero-order chi connectivity index (χ0) is 4.71. The van der Waals surface area contributed by atoms with Crippen molar-refractivity contribution >= 4 is 39.3 Å². The second kappa shape index (κ2) is 20.3. The van der Waals surface area contributed by atoms with Crippen LogP contribution >= 0.6 is 35.0 Å². The molecule has 0 atom stereocenters. The summed E-state index contributed by atoms with van der Waals surface area (Å²) in [4.78, 5) is 0. The molecular formula is CMnS3. The monoisotopic (exact) mass is 163 g/mol. The van der Waals surface area contributed by atoms with E-state index in [1.807, 2.05) is 4.31 Å². The third-order valence-electron chi connectivity index (χ3n) is 0. The number of hydrogen-bond acceptors (Lipinski definition) is 3. The second-order valence-electron chi connectivity index (χ2n) is 0.0833. The first-order valence-corrected chi connectivity index (χ1v) is 3.13. The van der Waals surface area contributed by atoms with Crippen LogP contribution in [0.3, 0.4) is 0 Å². The van der Waals surface area contributed by atoms with Crippen LogP contribution in [0, 0.1) is 0 Å². The van der Waals surface area contributed by atoms with Gasteiger partial charge in [-0.05, 0) is 24.4 Å². The molecule has 0 nitrogen and oxygen atoms in total. The Morgan fingerprint density at radius 1 is 1.20 bits per heavy atom. The van der Waals surface area contributed by atoms with Crippen molar-refractivity contribution in [3.8, 4) is 0 Å². The quantitative estimate of drug-likeness (QED) is 0.394. The van der Waals surface area contributed by atoms with Crippen molar-refractivity contribution in [2.45, 2.75) is 0 Å². The molecule has 5 heavy (non-hydrogen) atoms. The van der Waals surface area contributed by atoms with Gasteiger partial charge in [0.05, 0.1) is 0 Å². The molecule has 0 bridgehead atoms. The van der Waals surface area contributed by atoms with Gasteiger partial charge in [-0.1, -0.05) is 0 Å². The van der Waals surface area contributed by atoms with Crippen LogP contribution in [0.2, 0.25) is 0 Å². The van der Waals surface area contributed by atoms with Crippen molar-refractivity contribution in [1.29, 1.82) is 0 Å². The van der Waals surface area contributed by atoms with Crippen molar-refractivity contribution in [2.24, 2.45) is 0 Å². The van der Waals surface area contributed by atoms with Crippen LogP contribution in [-0.4, -0.2) is 4.31 Å². The summed E-state index contributed by atoms with van der Waals surface area (Å²) in [6, 6.07) is 0. The molecular weight excluding hydrogens is 163 g/mol. The predicted octanol–water partition coefficient (Wildman–Crippen LogP) is 1.66. The fourth-order valence-electron chi connectivity index (χ4n) is 0. The van der Waals surface area contributed by atoms with Crippen LogP contribution in [0.15, 0.2) is 0 Å². The summed E-state index contributed by atoms with van der Waals surface area (Å²) < 4.78 is 1.92. The Kier molecular flexibility index (Phi) is 37.9. The average molecular weight is 163 g/mol. The molecule has 0 N–H and O–H groups in total. The van der Waals surface area contributed by atoms with Crippen molar-refractivity contribution < 1.29 is 14.4 Å². The van der Waals surface area contributed by atoms with Crippen LogP contribution in [0.1, 0.15) is 0 Å². The van der Waals surface area contributed by atoms with Gasteiger partial charge in [-0.15, -0.1) is 0 Å². The Labute approximate surface area is 53.6 Å². The zero-order valence-corrected chi connectivity index (χ0v) is 5.73. The number of rotatable bonds is 0. The van der Waals surface area contributed by atoms with E-state index in [1.165, 1.54) is 0 Å². The molecule has 0 aliphatic carbocycles. The van der Waals surface area contributed by atoms with Crippen LogP contribution < -0.4 is 0 Å². The minimum absolute atomic E-state index is 1.92. The third kappa shape index (κ3) is 47.2. The first kappa shape index (κ1) is 9.35. The van der Waals surface area contributed by atoms with E-state index in [4.69, 9.17) is 0 Å². The average Bonchev–Trinajstić information content (AvgIpc) is 1.46. The SMILES string of the molecule is S=C=S.[S]=[Mn]. The van der Waals surface area contributed by atoms with Gasteiger partial charge in [-0.25, -0.2) is 0 Å². The summed E-state index contributed by atoms with van der Waals surface area (Å²) in [6.45, 7) is 0. The van der Waals surface area contributed by atoms with E-state index < -0.39 is 0 Å². The first-order valence-electron chi connectivity index (χ1n) is 0.563. The standard InChI is InChI=1S/CS2.Mn.S/c2-1-3;;. The van der Waals surface area contributed by atoms with Gasteiger partial charge in [0.1, 0.15) is 0 Å². The molecule has 0 aliphatic rings. The van der Waals surface area contributed by atoms with Crippen LogP contribution in [0.4, 0.5) is 0 Å². The van der Waals surface area contributed by atoms with Gasteiger partial charge in [0.15, 0.2) is 0 Å². The summed E-state index contributed by atoms with van der Waals surface area (Å²) in [6.07, 6.45) is 0. The molecule has 0 aromatic heterocycles. The summed E-state index contributed by atoms with van der Waals surface area (Å²) in [7, 11) is 3.90. The minimum atomic E-state index is 1.92. The maximum atomic E-state index is 3.96. The first-order chi connectivity index (χ1) is 2.41. The zero-order valence-electron chi connectivity index (χ0n) is 2.10. The molecule has 0 fully saturated rings. The Hall–Kier alpha value is 0.959. The fraction of sp³-hybridized carbons (Fsp3) is 0. The van der Waals surface area contributed by atoms with Crippen molar-refractivity contribution in [2.75, 3.05) is 0 Å². The van der Waals surface area contributed by atoms with E-state index in [0.717, 1.165) is 0 Å². The van der Waals surface area contributed by atoms with Gasteiger partial charge >= 0.3 is 24.9 Å². The molecule has 0 aromatic rings. The van der Waals surface area contributed by atoms with Crippen LogP contribution in [0.5, 0.6) is 0 Å². The molecule has 0 amide bonds. The molecule has 0 saturated carbocycles. The normalized spacial score (nSPS) is 2.40. The van der Waals surface area contributed by atoms with Gasteiger partial charge in [-0.2, -0.15) is 0 Å². The number of thiocarbonyl (C=S) groups is 2. The Morgan fingerprint density at radius 3 is 1.20 bits per heavy atom. The third-order valence-corrected chi connectivity index (χ3v) is 0. The van der Waals surface area contributed by atoms with Crippen LogP contribution in [0.25, 0.3) is 0 Å². The second-order valence-corrected chi connectivity index (χ2v) is 0.750. The molecule has 0 heterocycles. The van der Waals surface area contributed by atoms with E-state index in [1.54, 1.807) is 0 Å². The molecule has 0 rings (SSSR count). The van der Waals surface area contributed by atoms with Crippen molar-refractivity contribution in [1.82, 2.24) is 0 Å².